The molecule has 0 atom stereocenters. The van der Waals surface area contributed by atoms with Crippen molar-refractivity contribution >= 4 is 27.1 Å². The Morgan fingerprint density at radius 3 is 2.57 bits per heavy atom. The lowest BCUT2D eigenvalue weighted by Crippen LogP contribution is -2.39. The third-order valence-corrected chi connectivity index (χ3v) is 7.14. The summed E-state index contributed by atoms with van der Waals surface area (Å²) in [5.41, 5.74) is 2.36. The molecule has 0 aliphatic carbocycles. The molecule has 1 amide bonds. The summed E-state index contributed by atoms with van der Waals surface area (Å²) in [5, 5.41) is 3.96. The van der Waals surface area contributed by atoms with Crippen molar-refractivity contribution in [2.45, 2.75) is 30.1 Å². The van der Waals surface area contributed by atoms with Gasteiger partial charge in [-0.05, 0) is 47.4 Å². The highest BCUT2D eigenvalue weighted by Crippen LogP contribution is 2.32. The molecule has 1 saturated heterocycles. The predicted octanol–water partition coefficient (Wildman–Crippen LogP) is 2.95. The van der Waals surface area contributed by atoms with Gasteiger partial charge in [0.2, 0.25) is 5.91 Å². The fourth-order valence-corrected chi connectivity index (χ4v) is 5.19. The van der Waals surface area contributed by atoms with E-state index in [2.05, 4.69) is 15.0 Å². The second-order valence-electron chi connectivity index (χ2n) is 7.41. The van der Waals surface area contributed by atoms with E-state index in [9.17, 15) is 13.2 Å². The fourth-order valence-electron chi connectivity index (χ4n) is 3.68. The topological polar surface area (TPSA) is 93.1 Å². The lowest BCUT2D eigenvalue weighted by molar-refractivity contribution is -0.131. The van der Waals surface area contributed by atoms with E-state index in [0.29, 0.717) is 43.9 Å². The summed E-state index contributed by atoms with van der Waals surface area (Å²) < 4.78 is 24.7. The largest absolute Gasteiger partial charge is 0.342 e. The van der Waals surface area contributed by atoms with Crippen LogP contribution < -0.4 is 0 Å². The number of nitrogens with zero attached hydrogens (tertiary/aromatic N) is 4. The Hall–Kier alpha value is -2.65. The summed E-state index contributed by atoms with van der Waals surface area (Å²) in [4.78, 5) is 27.5. The number of amides is 1. The molecular weight excluding hydrogens is 420 g/mol. The zero-order valence-corrected chi connectivity index (χ0v) is 18.2. The van der Waals surface area contributed by atoms with Crippen LogP contribution in [0.15, 0.2) is 52.4 Å². The number of thiophene rings is 1. The minimum absolute atomic E-state index is 0.0384. The van der Waals surface area contributed by atoms with E-state index < -0.39 is 9.84 Å². The average molecular weight is 443 g/mol. The molecule has 0 N–H and O–H groups in total. The second-order valence-corrected chi connectivity index (χ2v) is 10.2. The SMILES string of the molecule is CS(=O)(=O)c1cnc(-c2ccncc2)nc1C1CCN(C(=O)Cc2ccsc2)CC1. The van der Waals surface area contributed by atoms with E-state index in [1.165, 1.54) is 12.5 Å². The second kappa shape index (κ2) is 8.61. The van der Waals surface area contributed by atoms with Crippen LogP contribution in [-0.4, -0.2) is 53.5 Å². The molecule has 4 rings (SSSR count). The smallest absolute Gasteiger partial charge is 0.227 e. The highest BCUT2D eigenvalue weighted by molar-refractivity contribution is 7.90. The molecule has 0 unspecified atom stereocenters. The van der Waals surface area contributed by atoms with Gasteiger partial charge in [0.25, 0.3) is 0 Å². The highest BCUT2D eigenvalue weighted by atomic mass is 32.2. The molecule has 0 bridgehead atoms. The van der Waals surface area contributed by atoms with Gasteiger partial charge in [-0.15, -0.1) is 0 Å². The molecule has 30 heavy (non-hydrogen) atoms. The Kier molecular flexibility index (Phi) is 5.92. The summed E-state index contributed by atoms with van der Waals surface area (Å²) in [6, 6.07) is 5.56. The van der Waals surface area contributed by atoms with Gasteiger partial charge in [0.05, 0.1) is 12.1 Å². The molecule has 4 heterocycles. The molecule has 1 aliphatic rings. The minimum atomic E-state index is -3.46. The summed E-state index contributed by atoms with van der Waals surface area (Å²) in [7, 11) is -3.46. The van der Waals surface area contributed by atoms with E-state index >= 15 is 0 Å². The van der Waals surface area contributed by atoms with Crippen LogP contribution in [0.5, 0.6) is 0 Å². The van der Waals surface area contributed by atoms with Gasteiger partial charge in [-0.25, -0.2) is 18.4 Å². The quantitative estimate of drug-likeness (QED) is 0.603. The zero-order chi connectivity index (χ0) is 21.1. The maximum atomic E-state index is 12.6. The van der Waals surface area contributed by atoms with E-state index in [-0.39, 0.29) is 16.7 Å². The first-order valence-corrected chi connectivity index (χ1v) is 12.5. The maximum absolute atomic E-state index is 12.6. The molecule has 156 valence electrons. The number of hydrogen-bond acceptors (Lipinski definition) is 7. The van der Waals surface area contributed by atoms with E-state index in [0.717, 1.165) is 11.1 Å². The van der Waals surface area contributed by atoms with Gasteiger partial charge in [0.15, 0.2) is 15.7 Å². The van der Waals surface area contributed by atoms with Gasteiger partial charge < -0.3 is 4.90 Å². The Balaban J connectivity index is 1.55. The van der Waals surface area contributed by atoms with Gasteiger partial charge >= 0.3 is 0 Å². The van der Waals surface area contributed by atoms with Gasteiger partial charge in [-0.2, -0.15) is 11.3 Å². The third kappa shape index (κ3) is 4.57. The average Bonchev–Trinajstić information content (AvgIpc) is 3.26. The zero-order valence-electron chi connectivity index (χ0n) is 16.6. The molecule has 1 aliphatic heterocycles. The summed E-state index contributed by atoms with van der Waals surface area (Å²) >= 11 is 1.58. The van der Waals surface area contributed by atoms with Crippen molar-refractivity contribution in [2.24, 2.45) is 0 Å². The van der Waals surface area contributed by atoms with Gasteiger partial charge in [0.1, 0.15) is 4.90 Å². The molecular formula is C21H22N4O3S2. The molecule has 0 spiro atoms. The Bertz CT molecular complexity index is 1120. The summed E-state index contributed by atoms with van der Waals surface area (Å²) in [6.45, 7) is 1.18. The van der Waals surface area contributed by atoms with Crippen molar-refractivity contribution in [3.8, 4) is 11.4 Å². The predicted molar refractivity (Wildman–Crippen MR) is 115 cm³/mol. The van der Waals surface area contributed by atoms with Crippen LogP contribution in [0.25, 0.3) is 11.4 Å². The number of carbonyl (C=O) groups is 1. The van der Waals surface area contributed by atoms with Crippen molar-refractivity contribution in [3.63, 3.8) is 0 Å². The van der Waals surface area contributed by atoms with Crippen LogP contribution in [0.4, 0.5) is 0 Å². The molecule has 1 fully saturated rings. The first-order valence-electron chi connectivity index (χ1n) is 9.68. The van der Waals surface area contributed by atoms with Crippen molar-refractivity contribution in [1.29, 1.82) is 0 Å². The Morgan fingerprint density at radius 2 is 1.93 bits per heavy atom. The van der Waals surface area contributed by atoms with Crippen LogP contribution in [0, 0.1) is 0 Å². The molecule has 0 radical (unpaired) electrons. The number of rotatable bonds is 5. The molecule has 7 nitrogen and oxygen atoms in total. The lowest BCUT2D eigenvalue weighted by Gasteiger charge is -2.32. The Morgan fingerprint density at radius 1 is 1.20 bits per heavy atom. The number of piperidine rings is 1. The first kappa shape index (κ1) is 20.6. The first-order chi connectivity index (χ1) is 14.4. The van der Waals surface area contributed by atoms with Crippen LogP contribution >= 0.6 is 11.3 Å². The molecule has 0 aromatic carbocycles. The van der Waals surface area contributed by atoms with E-state index in [1.807, 2.05) is 21.7 Å². The van der Waals surface area contributed by atoms with Gasteiger partial charge in [-0.1, -0.05) is 0 Å². The number of sulfone groups is 1. The normalized spacial score (nSPS) is 15.3. The number of pyridine rings is 1. The lowest BCUT2D eigenvalue weighted by atomic mass is 9.92. The van der Waals surface area contributed by atoms with Crippen molar-refractivity contribution in [2.75, 3.05) is 19.3 Å². The fraction of sp³-hybridized carbons (Fsp3) is 0.333. The standard InChI is InChI=1S/C21H22N4O3S2/c1-30(27,28)18-13-23-21(17-2-7-22-8-3-17)24-20(18)16-4-9-25(10-5-16)19(26)12-15-6-11-29-14-15/h2-3,6-8,11,13-14,16H,4-5,9-10,12H2,1H3. The Labute approximate surface area is 179 Å². The molecule has 9 heteroatoms. The number of likely N-dealkylation sites (tertiary alicyclic amines) is 1. The maximum Gasteiger partial charge on any atom is 0.227 e. The number of hydrogen-bond donors (Lipinski definition) is 0. The summed E-state index contributed by atoms with van der Waals surface area (Å²) in [6.07, 6.45) is 7.64. The van der Waals surface area contributed by atoms with E-state index in [1.54, 1.807) is 35.9 Å². The molecule has 3 aromatic heterocycles. The minimum Gasteiger partial charge on any atom is -0.342 e. The van der Waals surface area contributed by atoms with Gasteiger partial charge in [0, 0.05) is 49.4 Å². The summed E-state index contributed by atoms with van der Waals surface area (Å²) in [5.74, 6) is 0.551. The number of aromatic nitrogens is 3. The van der Waals surface area contributed by atoms with Crippen molar-refractivity contribution in [1.82, 2.24) is 19.9 Å². The highest BCUT2D eigenvalue weighted by Gasteiger charge is 2.29. The molecule has 3 aromatic rings. The van der Waals surface area contributed by atoms with Crippen molar-refractivity contribution in [3.05, 3.63) is 58.8 Å². The van der Waals surface area contributed by atoms with Crippen LogP contribution in [0.1, 0.15) is 30.0 Å². The van der Waals surface area contributed by atoms with Crippen LogP contribution in [0.3, 0.4) is 0 Å². The third-order valence-electron chi connectivity index (χ3n) is 5.29. The van der Waals surface area contributed by atoms with Crippen LogP contribution in [-0.2, 0) is 21.1 Å². The monoisotopic (exact) mass is 442 g/mol. The van der Waals surface area contributed by atoms with Crippen molar-refractivity contribution < 1.29 is 13.2 Å². The van der Waals surface area contributed by atoms with E-state index in [4.69, 9.17) is 0 Å². The number of carbonyl (C=O) groups excluding carboxylic acids is 1. The molecule has 0 saturated carbocycles. The van der Waals surface area contributed by atoms with Gasteiger partial charge in [-0.3, -0.25) is 9.78 Å². The van der Waals surface area contributed by atoms with Crippen LogP contribution in [0.2, 0.25) is 0 Å².